The normalized spacial score (nSPS) is 16.3. The van der Waals surface area contributed by atoms with Gasteiger partial charge in [0, 0.05) is 18.0 Å². The second kappa shape index (κ2) is 8.72. The summed E-state index contributed by atoms with van der Waals surface area (Å²) in [5.41, 5.74) is 4.05. The van der Waals surface area contributed by atoms with Crippen molar-refractivity contribution in [1.29, 1.82) is 0 Å². The molecule has 1 heterocycles. The summed E-state index contributed by atoms with van der Waals surface area (Å²) in [5.74, 6) is 0.698. The van der Waals surface area contributed by atoms with Crippen LogP contribution < -0.4 is 15.4 Å². The Hall–Kier alpha value is -2.53. The molecule has 0 aliphatic carbocycles. The lowest BCUT2D eigenvalue weighted by Crippen LogP contribution is -2.21. The van der Waals surface area contributed by atoms with Gasteiger partial charge in [0.2, 0.25) is 5.91 Å². The first-order valence-electron chi connectivity index (χ1n) is 9.05. The number of carbonyl (C=O) groups is 1. The van der Waals surface area contributed by atoms with Gasteiger partial charge >= 0.3 is 0 Å². The van der Waals surface area contributed by atoms with Crippen LogP contribution in [0.15, 0.2) is 42.5 Å². The van der Waals surface area contributed by atoms with E-state index in [-0.39, 0.29) is 18.6 Å². The van der Waals surface area contributed by atoms with Gasteiger partial charge < -0.3 is 20.1 Å². The van der Waals surface area contributed by atoms with Crippen LogP contribution in [0, 0.1) is 13.8 Å². The van der Waals surface area contributed by atoms with Gasteiger partial charge in [0.15, 0.2) is 0 Å². The monoisotopic (exact) mass is 354 g/mol. The fourth-order valence-corrected chi connectivity index (χ4v) is 3.06. The predicted octanol–water partition coefficient (Wildman–Crippen LogP) is 3.91. The molecule has 0 spiro atoms. The van der Waals surface area contributed by atoms with E-state index in [4.69, 9.17) is 9.47 Å². The summed E-state index contributed by atoms with van der Waals surface area (Å²) in [4.78, 5) is 12.1. The summed E-state index contributed by atoms with van der Waals surface area (Å²) >= 11 is 0. The van der Waals surface area contributed by atoms with E-state index in [1.807, 2.05) is 50.2 Å². The molecular weight excluding hydrogens is 328 g/mol. The Bertz CT molecular complexity index is 717. The zero-order valence-corrected chi connectivity index (χ0v) is 15.4. The van der Waals surface area contributed by atoms with Crippen LogP contribution in [-0.2, 0) is 9.53 Å². The minimum absolute atomic E-state index is 0.0859. The quantitative estimate of drug-likeness (QED) is 0.791. The molecule has 1 atom stereocenters. The van der Waals surface area contributed by atoms with Gasteiger partial charge in [-0.1, -0.05) is 6.07 Å². The van der Waals surface area contributed by atoms with Crippen LogP contribution in [0.25, 0.3) is 0 Å². The Morgan fingerprint density at radius 1 is 1.12 bits per heavy atom. The van der Waals surface area contributed by atoms with Crippen LogP contribution in [0.1, 0.15) is 24.0 Å². The molecule has 1 unspecified atom stereocenters. The topological polar surface area (TPSA) is 59.6 Å². The molecular formula is C21H26N2O3. The SMILES string of the molecule is Cc1cc(C)cc(NCC(=O)Nc2ccc(OCC3CCCO3)cc2)c1. The average Bonchev–Trinajstić information content (AvgIpc) is 3.12. The van der Waals surface area contributed by atoms with Crippen molar-refractivity contribution in [2.75, 3.05) is 30.4 Å². The Labute approximate surface area is 154 Å². The van der Waals surface area contributed by atoms with E-state index in [1.165, 1.54) is 11.1 Å². The molecule has 1 fully saturated rings. The number of anilines is 2. The first-order valence-corrected chi connectivity index (χ1v) is 9.05. The van der Waals surface area contributed by atoms with Crippen molar-refractivity contribution in [2.45, 2.75) is 32.8 Å². The van der Waals surface area contributed by atoms with E-state index in [1.54, 1.807) is 0 Å². The maximum absolute atomic E-state index is 12.1. The lowest BCUT2D eigenvalue weighted by atomic mass is 10.1. The van der Waals surface area contributed by atoms with Gasteiger partial charge in [-0.3, -0.25) is 4.79 Å². The zero-order valence-electron chi connectivity index (χ0n) is 15.4. The van der Waals surface area contributed by atoms with Gasteiger partial charge in [-0.2, -0.15) is 0 Å². The van der Waals surface area contributed by atoms with Crippen LogP contribution in [0.3, 0.4) is 0 Å². The molecule has 26 heavy (non-hydrogen) atoms. The predicted molar refractivity (Wildman–Crippen MR) is 104 cm³/mol. The molecule has 5 nitrogen and oxygen atoms in total. The summed E-state index contributed by atoms with van der Waals surface area (Å²) in [5, 5.41) is 6.04. The van der Waals surface area contributed by atoms with Gasteiger partial charge in [-0.25, -0.2) is 0 Å². The van der Waals surface area contributed by atoms with Gasteiger partial charge in [0.05, 0.1) is 12.6 Å². The summed E-state index contributed by atoms with van der Waals surface area (Å²) in [6.07, 6.45) is 2.36. The van der Waals surface area contributed by atoms with Crippen molar-refractivity contribution < 1.29 is 14.3 Å². The number of hydrogen-bond donors (Lipinski definition) is 2. The molecule has 3 rings (SSSR count). The molecule has 5 heteroatoms. The number of hydrogen-bond acceptors (Lipinski definition) is 4. The van der Waals surface area contributed by atoms with Gasteiger partial charge in [-0.05, 0) is 74.2 Å². The van der Waals surface area contributed by atoms with Crippen molar-refractivity contribution in [2.24, 2.45) is 0 Å². The van der Waals surface area contributed by atoms with E-state index in [0.29, 0.717) is 6.61 Å². The second-order valence-electron chi connectivity index (χ2n) is 6.75. The first kappa shape index (κ1) is 18.3. The van der Waals surface area contributed by atoms with Crippen LogP contribution in [0.2, 0.25) is 0 Å². The van der Waals surface area contributed by atoms with Gasteiger partial charge in [-0.15, -0.1) is 0 Å². The molecule has 1 aliphatic rings. The molecule has 1 amide bonds. The number of aryl methyl sites for hydroxylation is 2. The summed E-state index contributed by atoms with van der Waals surface area (Å²) < 4.78 is 11.3. The minimum Gasteiger partial charge on any atom is -0.491 e. The first-order chi connectivity index (χ1) is 12.6. The van der Waals surface area contributed by atoms with Crippen molar-refractivity contribution in [3.05, 3.63) is 53.6 Å². The highest BCUT2D eigenvalue weighted by Crippen LogP contribution is 2.18. The van der Waals surface area contributed by atoms with E-state index < -0.39 is 0 Å². The number of benzene rings is 2. The minimum atomic E-state index is -0.0859. The number of amides is 1. The second-order valence-corrected chi connectivity index (χ2v) is 6.75. The Morgan fingerprint density at radius 3 is 2.50 bits per heavy atom. The average molecular weight is 354 g/mol. The Balaban J connectivity index is 1.44. The molecule has 1 aliphatic heterocycles. The lowest BCUT2D eigenvalue weighted by Gasteiger charge is -2.12. The van der Waals surface area contributed by atoms with Crippen LogP contribution >= 0.6 is 0 Å². The Morgan fingerprint density at radius 2 is 1.85 bits per heavy atom. The third-order valence-electron chi connectivity index (χ3n) is 4.27. The largest absolute Gasteiger partial charge is 0.491 e. The van der Waals surface area contributed by atoms with E-state index in [0.717, 1.165) is 36.6 Å². The fourth-order valence-electron chi connectivity index (χ4n) is 3.06. The van der Waals surface area contributed by atoms with Crippen molar-refractivity contribution in [1.82, 2.24) is 0 Å². The highest BCUT2D eigenvalue weighted by Gasteiger charge is 2.15. The summed E-state index contributed by atoms with van der Waals surface area (Å²) in [6, 6.07) is 13.6. The fraction of sp³-hybridized carbons (Fsp3) is 0.381. The molecule has 2 aromatic carbocycles. The van der Waals surface area contributed by atoms with Crippen LogP contribution in [-0.4, -0.2) is 31.8 Å². The highest BCUT2D eigenvalue weighted by atomic mass is 16.5. The van der Waals surface area contributed by atoms with Crippen LogP contribution in [0.5, 0.6) is 5.75 Å². The molecule has 1 saturated heterocycles. The van der Waals surface area contributed by atoms with E-state index >= 15 is 0 Å². The number of rotatable bonds is 7. The molecule has 0 radical (unpaired) electrons. The third kappa shape index (κ3) is 5.49. The van der Waals surface area contributed by atoms with Crippen molar-refractivity contribution in [3.63, 3.8) is 0 Å². The number of ether oxygens (including phenoxy) is 2. The molecule has 0 saturated carbocycles. The maximum Gasteiger partial charge on any atom is 0.243 e. The van der Waals surface area contributed by atoms with E-state index in [9.17, 15) is 4.79 Å². The standard InChI is InChI=1S/C21H26N2O3/c1-15-10-16(2)12-18(11-15)22-13-21(24)23-17-5-7-19(8-6-17)26-14-20-4-3-9-25-20/h5-8,10-12,20,22H,3-4,9,13-14H2,1-2H3,(H,23,24). The van der Waals surface area contributed by atoms with Gasteiger partial charge in [0.25, 0.3) is 0 Å². The van der Waals surface area contributed by atoms with Crippen molar-refractivity contribution >= 4 is 17.3 Å². The number of nitrogens with one attached hydrogen (secondary N) is 2. The molecule has 0 bridgehead atoms. The molecule has 0 aromatic heterocycles. The summed E-state index contributed by atoms with van der Waals surface area (Å²) in [7, 11) is 0. The van der Waals surface area contributed by atoms with E-state index in [2.05, 4.69) is 16.7 Å². The molecule has 2 aromatic rings. The highest BCUT2D eigenvalue weighted by molar-refractivity contribution is 5.93. The van der Waals surface area contributed by atoms with Crippen LogP contribution in [0.4, 0.5) is 11.4 Å². The number of carbonyl (C=O) groups excluding carboxylic acids is 1. The molecule has 138 valence electrons. The maximum atomic E-state index is 12.1. The molecule has 2 N–H and O–H groups in total. The third-order valence-corrected chi connectivity index (χ3v) is 4.27. The summed E-state index contributed by atoms with van der Waals surface area (Å²) in [6.45, 7) is 5.71. The Kier molecular flexibility index (Phi) is 6.12. The zero-order chi connectivity index (χ0) is 18.4. The smallest absolute Gasteiger partial charge is 0.243 e. The van der Waals surface area contributed by atoms with Crippen molar-refractivity contribution in [3.8, 4) is 5.75 Å². The lowest BCUT2D eigenvalue weighted by molar-refractivity contribution is -0.114. The van der Waals surface area contributed by atoms with Gasteiger partial charge in [0.1, 0.15) is 12.4 Å².